The Labute approximate surface area is 69.8 Å². The molecule has 0 saturated heterocycles. The van der Waals surface area contributed by atoms with E-state index in [4.69, 9.17) is 5.11 Å². The molecule has 0 aliphatic rings. The van der Waals surface area contributed by atoms with Crippen molar-refractivity contribution in [3.63, 3.8) is 0 Å². The lowest BCUT2D eigenvalue weighted by atomic mass is 10.2. The van der Waals surface area contributed by atoms with Crippen LogP contribution in [0.5, 0.6) is 0 Å². The normalized spacial score (nSPS) is 12.0. The van der Waals surface area contributed by atoms with Gasteiger partial charge in [-0.3, -0.25) is 0 Å². The molecule has 0 atom stereocenters. The molecule has 0 rings (SSSR count). The van der Waals surface area contributed by atoms with Crippen molar-refractivity contribution in [2.45, 2.75) is 19.4 Å². The van der Waals surface area contributed by atoms with E-state index in [9.17, 15) is 5.11 Å². The van der Waals surface area contributed by atoms with E-state index in [0.717, 1.165) is 5.75 Å². The molecule has 0 fully saturated rings. The SMILES string of the molecule is CC(C)(O)CSSCCO. The van der Waals surface area contributed by atoms with Gasteiger partial charge in [-0.25, -0.2) is 0 Å². The van der Waals surface area contributed by atoms with Crippen LogP contribution in [0.2, 0.25) is 0 Å². The van der Waals surface area contributed by atoms with Crippen molar-refractivity contribution in [1.82, 2.24) is 0 Å². The molecule has 0 saturated carbocycles. The lowest BCUT2D eigenvalue weighted by molar-refractivity contribution is 0.107. The average Bonchev–Trinajstić information content (AvgIpc) is 1.78. The molecule has 0 amide bonds. The molecule has 0 aliphatic heterocycles. The summed E-state index contributed by atoms with van der Waals surface area (Å²) in [5, 5.41) is 17.6. The van der Waals surface area contributed by atoms with E-state index in [-0.39, 0.29) is 6.61 Å². The predicted molar refractivity (Wildman–Crippen MR) is 48.3 cm³/mol. The first-order valence-corrected chi connectivity index (χ1v) is 5.63. The van der Waals surface area contributed by atoms with E-state index in [0.29, 0.717) is 5.75 Å². The Bertz CT molecular complexity index is 80.3. The second-order valence-electron chi connectivity index (χ2n) is 2.62. The van der Waals surface area contributed by atoms with Crippen molar-refractivity contribution >= 4 is 21.6 Å². The van der Waals surface area contributed by atoms with Gasteiger partial charge >= 0.3 is 0 Å². The van der Waals surface area contributed by atoms with Crippen molar-refractivity contribution in [2.24, 2.45) is 0 Å². The quantitative estimate of drug-likeness (QED) is 0.494. The summed E-state index contributed by atoms with van der Waals surface area (Å²) in [4.78, 5) is 0. The Morgan fingerprint density at radius 3 is 2.30 bits per heavy atom. The topological polar surface area (TPSA) is 40.5 Å². The van der Waals surface area contributed by atoms with E-state index >= 15 is 0 Å². The molecule has 0 aromatic heterocycles. The fraction of sp³-hybridized carbons (Fsp3) is 1.00. The molecule has 0 bridgehead atoms. The first kappa shape index (κ1) is 10.6. The van der Waals surface area contributed by atoms with E-state index in [1.165, 1.54) is 0 Å². The number of aliphatic hydroxyl groups excluding tert-OH is 1. The molecule has 0 radical (unpaired) electrons. The van der Waals surface area contributed by atoms with E-state index in [1.54, 1.807) is 35.4 Å². The summed E-state index contributed by atoms with van der Waals surface area (Å²) in [5.74, 6) is 1.44. The smallest absolute Gasteiger partial charge is 0.0690 e. The third-order valence-electron chi connectivity index (χ3n) is 0.670. The van der Waals surface area contributed by atoms with Gasteiger partial charge in [-0.2, -0.15) is 0 Å². The molecule has 0 spiro atoms. The summed E-state index contributed by atoms with van der Waals surface area (Å²) >= 11 is 0. The van der Waals surface area contributed by atoms with Crippen molar-refractivity contribution in [1.29, 1.82) is 0 Å². The number of hydrogen-bond acceptors (Lipinski definition) is 4. The van der Waals surface area contributed by atoms with Crippen LogP contribution in [0.15, 0.2) is 0 Å². The van der Waals surface area contributed by atoms with Gasteiger partial charge in [0.25, 0.3) is 0 Å². The monoisotopic (exact) mass is 182 g/mol. The highest BCUT2D eigenvalue weighted by Gasteiger charge is 2.11. The van der Waals surface area contributed by atoms with Crippen LogP contribution in [0.3, 0.4) is 0 Å². The van der Waals surface area contributed by atoms with Crippen molar-refractivity contribution in [2.75, 3.05) is 18.1 Å². The van der Waals surface area contributed by atoms with Crippen LogP contribution in [0.4, 0.5) is 0 Å². The second kappa shape index (κ2) is 5.29. The number of rotatable bonds is 5. The number of aliphatic hydroxyl groups is 2. The lowest BCUT2D eigenvalue weighted by Gasteiger charge is -2.14. The fourth-order valence-electron chi connectivity index (χ4n) is 0.282. The average molecular weight is 182 g/mol. The first-order valence-electron chi connectivity index (χ1n) is 3.14. The van der Waals surface area contributed by atoms with Gasteiger partial charge in [0.05, 0.1) is 12.2 Å². The molecule has 0 aliphatic carbocycles. The molecule has 0 unspecified atom stereocenters. The maximum atomic E-state index is 9.22. The Kier molecular flexibility index (Phi) is 5.62. The van der Waals surface area contributed by atoms with Gasteiger partial charge in [-0.15, -0.1) is 0 Å². The zero-order chi connectivity index (χ0) is 8.04. The standard InChI is InChI=1S/C6H14O2S2/c1-6(2,8)5-10-9-4-3-7/h7-8H,3-5H2,1-2H3. The molecular formula is C6H14O2S2. The first-order chi connectivity index (χ1) is 4.56. The molecule has 2 N–H and O–H groups in total. The summed E-state index contributed by atoms with van der Waals surface area (Å²) < 4.78 is 0. The highest BCUT2D eigenvalue weighted by atomic mass is 33.1. The highest BCUT2D eigenvalue weighted by molar-refractivity contribution is 8.76. The van der Waals surface area contributed by atoms with Crippen LogP contribution in [0.1, 0.15) is 13.8 Å². The number of hydrogen-bond donors (Lipinski definition) is 2. The molecule has 0 aromatic carbocycles. The van der Waals surface area contributed by atoms with Gasteiger partial charge in [-0.05, 0) is 13.8 Å². The van der Waals surface area contributed by atoms with Crippen LogP contribution in [-0.2, 0) is 0 Å². The third-order valence-corrected chi connectivity index (χ3v) is 3.36. The second-order valence-corrected chi connectivity index (χ2v) is 5.20. The molecule has 4 heteroatoms. The van der Waals surface area contributed by atoms with Gasteiger partial charge < -0.3 is 10.2 Å². The zero-order valence-corrected chi connectivity index (χ0v) is 7.97. The maximum absolute atomic E-state index is 9.22. The van der Waals surface area contributed by atoms with E-state index in [1.807, 2.05) is 0 Å². The summed E-state index contributed by atoms with van der Waals surface area (Å²) in [6, 6.07) is 0. The van der Waals surface area contributed by atoms with Crippen LogP contribution >= 0.6 is 21.6 Å². The van der Waals surface area contributed by atoms with Gasteiger partial charge in [0, 0.05) is 11.5 Å². The van der Waals surface area contributed by atoms with Crippen LogP contribution < -0.4 is 0 Å². The molecule has 0 heterocycles. The summed E-state index contributed by atoms with van der Waals surface area (Å²) in [6.07, 6.45) is 0. The molecule has 2 nitrogen and oxygen atoms in total. The lowest BCUT2D eigenvalue weighted by Crippen LogP contribution is -2.21. The largest absolute Gasteiger partial charge is 0.395 e. The fourth-order valence-corrected chi connectivity index (χ4v) is 2.54. The minimum Gasteiger partial charge on any atom is -0.395 e. The maximum Gasteiger partial charge on any atom is 0.0690 e. The van der Waals surface area contributed by atoms with E-state index < -0.39 is 5.60 Å². The Morgan fingerprint density at radius 1 is 1.30 bits per heavy atom. The minimum atomic E-state index is -0.590. The Morgan fingerprint density at radius 2 is 1.90 bits per heavy atom. The molecular weight excluding hydrogens is 168 g/mol. The molecule has 62 valence electrons. The van der Waals surface area contributed by atoms with Gasteiger partial charge in [0.1, 0.15) is 0 Å². The third kappa shape index (κ3) is 8.62. The van der Waals surface area contributed by atoms with Crippen molar-refractivity contribution in [3.05, 3.63) is 0 Å². The summed E-state index contributed by atoms with van der Waals surface area (Å²) in [6.45, 7) is 3.77. The van der Waals surface area contributed by atoms with Crippen LogP contribution in [0, 0.1) is 0 Å². The predicted octanol–water partition coefficient (Wildman–Crippen LogP) is 1.13. The van der Waals surface area contributed by atoms with Gasteiger partial charge in [-0.1, -0.05) is 21.6 Å². The van der Waals surface area contributed by atoms with Crippen LogP contribution in [0.25, 0.3) is 0 Å². The van der Waals surface area contributed by atoms with Crippen molar-refractivity contribution < 1.29 is 10.2 Å². The minimum absolute atomic E-state index is 0.212. The van der Waals surface area contributed by atoms with Crippen LogP contribution in [-0.4, -0.2) is 33.9 Å². The molecule has 10 heavy (non-hydrogen) atoms. The zero-order valence-electron chi connectivity index (χ0n) is 6.33. The Hall–Kier alpha value is 0.620. The van der Waals surface area contributed by atoms with E-state index in [2.05, 4.69) is 0 Å². The summed E-state index contributed by atoms with van der Waals surface area (Å²) in [7, 11) is 3.18. The summed E-state index contributed by atoms with van der Waals surface area (Å²) in [5.41, 5.74) is -0.590. The highest BCUT2D eigenvalue weighted by Crippen LogP contribution is 2.24. The van der Waals surface area contributed by atoms with Gasteiger partial charge in [0.2, 0.25) is 0 Å². The van der Waals surface area contributed by atoms with Crippen molar-refractivity contribution in [3.8, 4) is 0 Å². The van der Waals surface area contributed by atoms with Gasteiger partial charge in [0.15, 0.2) is 0 Å². The Balaban J connectivity index is 3.04. The molecule has 0 aromatic rings.